The van der Waals surface area contributed by atoms with Crippen molar-refractivity contribution in [2.45, 2.75) is 37.6 Å². The molecule has 3 rings (SSSR count). The summed E-state index contributed by atoms with van der Waals surface area (Å²) in [5, 5.41) is 3.17. The van der Waals surface area contributed by atoms with Crippen molar-refractivity contribution < 1.29 is 19.1 Å². The molecule has 22 heavy (non-hydrogen) atoms. The number of ether oxygens (including phenoxy) is 2. The van der Waals surface area contributed by atoms with Gasteiger partial charge in [-0.1, -0.05) is 30.3 Å². The summed E-state index contributed by atoms with van der Waals surface area (Å²) < 4.78 is 10.2. The fourth-order valence-electron chi connectivity index (χ4n) is 3.28. The van der Waals surface area contributed by atoms with E-state index in [1.165, 1.54) is 7.11 Å². The lowest BCUT2D eigenvalue weighted by atomic mass is 10.1. The molecule has 1 N–H and O–H groups in total. The molecular formula is C16H20N2O4. The molecule has 2 saturated heterocycles. The number of carbonyl (C=O) groups is 2. The number of benzene rings is 1. The zero-order valence-corrected chi connectivity index (χ0v) is 12.5. The number of amides is 1. The summed E-state index contributed by atoms with van der Waals surface area (Å²) >= 11 is 0. The van der Waals surface area contributed by atoms with Gasteiger partial charge >= 0.3 is 12.1 Å². The Labute approximate surface area is 129 Å². The number of hydrogen-bond donors (Lipinski definition) is 1. The van der Waals surface area contributed by atoms with Crippen molar-refractivity contribution in [3.63, 3.8) is 0 Å². The monoisotopic (exact) mass is 304 g/mol. The molecule has 0 radical (unpaired) electrons. The van der Waals surface area contributed by atoms with Crippen molar-refractivity contribution in [2.75, 3.05) is 13.7 Å². The number of carbonyl (C=O) groups excluding carboxylic acids is 2. The molecule has 0 aromatic heterocycles. The minimum atomic E-state index is -0.465. The minimum Gasteiger partial charge on any atom is -0.468 e. The van der Waals surface area contributed by atoms with E-state index < -0.39 is 6.04 Å². The number of nitrogens with one attached hydrogen (secondary N) is 1. The van der Waals surface area contributed by atoms with Gasteiger partial charge in [-0.05, 0) is 18.4 Å². The minimum absolute atomic E-state index is 0.0918. The average molecular weight is 304 g/mol. The first-order valence-corrected chi connectivity index (χ1v) is 7.51. The van der Waals surface area contributed by atoms with Crippen LogP contribution in [-0.4, -0.2) is 48.7 Å². The van der Waals surface area contributed by atoms with Crippen LogP contribution in [0.15, 0.2) is 30.3 Å². The molecule has 2 fully saturated rings. The molecule has 6 nitrogen and oxygen atoms in total. The predicted molar refractivity (Wildman–Crippen MR) is 79.1 cm³/mol. The Balaban J connectivity index is 1.65. The quantitative estimate of drug-likeness (QED) is 0.853. The van der Waals surface area contributed by atoms with E-state index >= 15 is 0 Å². The first-order valence-electron chi connectivity index (χ1n) is 7.51. The SMILES string of the molecule is COC(=O)C1NCC2CCC1N2C(=O)OCc1ccccc1. The first-order chi connectivity index (χ1) is 10.7. The van der Waals surface area contributed by atoms with Gasteiger partial charge in [-0.3, -0.25) is 9.69 Å². The zero-order valence-electron chi connectivity index (χ0n) is 12.5. The molecule has 0 aliphatic carbocycles. The summed E-state index contributed by atoms with van der Waals surface area (Å²) in [4.78, 5) is 26.0. The van der Waals surface area contributed by atoms with E-state index in [0.29, 0.717) is 6.54 Å². The second-order valence-electron chi connectivity index (χ2n) is 5.66. The van der Waals surface area contributed by atoms with Crippen molar-refractivity contribution in [2.24, 2.45) is 0 Å². The third kappa shape index (κ3) is 2.78. The first kappa shape index (κ1) is 14.8. The lowest BCUT2D eigenvalue weighted by Gasteiger charge is -2.38. The van der Waals surface area contributed by atoms with Crippen LogP contribution in [0.4, 0.5) is 4.79 Å². The van der Waals surface area contributed by atoms with E-state index in [9.17, 15) is 9.59 Å². The third-order valence-corrected chi connectivity index (χ3v) is 4.38. The fourth-order valence-corrected chi connectivity index (χ4v) is 3.28. The number of esters is 1. The summed E-state index contributed by atoms with van der Waals surface area (Å²) in [6.07, 6.45) is 1.32. The van der Waals surface area contributed by atoms with Gasteiger partial charge in [0.2, 0.25) is 0 Å². The van der Waals surface area contributed by atoms with E-state index in [1.807, 2.05) is 30.3 Å². The Morgan fingerprint density at radius 1 is 1.27 bits per heavy atom. The maximum Gasteiger partial charge on any atom is 0.410 e. The van der Waals surface area contributed by atoms with Gasteiger partial charge in [0.15, 0.2) is 0 Å². The maximum absolute atomic E-state index is 12.4. The number of methoxy groups -OCH3 is 1. The van der Waals surface area contributed by atoms with Crippen LogP contribution in [0.5, 0.6) is 0 Å². The molecule has 6 heteroatoms. The highest BCUT2D eigenvalue weighted by Gasteiger charge is 2.48. The highest BCUT2D eigenvalue weighted by molar-refractivity contribution is 5.79. The third-order valence-electron chi connectivity index (χ3n) is 4.38. The second kappa shape index (κ2) is 6.36. The zero-order chi connectivity index (χ0) is 15.5. The molecule has 1 amide bonds. The van der Waals surface area contributed by atoms with E-state index in [1.54, 1.807) is 4.90 Å². The molecule has 1 aromatic rings. The summed E-state index contributed by atoms with van der Waals surface area (Å²) in [5.41, 5.74) is 0.947. The van der Waals surface area contributed by atoms with Crippen LogP contribution in [-0.2, 0) is 20.9 Å². The van der Waals surface area contributed by atoms with Crippen molar-refractivity contribution >= 4 is 12.1 Å². The summed E-state index contributed by atoms with van der Waals surface area (Å²) in [7, 11) is 1.36. The Kier molecular flexibility index (Phi) is 4.29. The smallest absolute Gasteiger partial charge is 0.410 e. The molecule has 118 valence electrons. The van der Waals surface area contributed by atoms with Gasteiger partial charge in [0.1, 0.15) is 12.6 Å². The molecule has 1 aromatic carbocycles. The number of piperazine rings is 1. The standard InChI is InChI=1S/C16H20N2O4/c1-21-15(19)14-13-8-7-12(9-17-14)18(13)16(20)22-10-11-5-3-2-4-6-11/h2-6,12-14,17H,7-10H2,1H3. The van der Waals surface area contributed by atoms with Crippen LogP contribution in [0.3, 0.4) is 0 Å². The summed E-state index contributed by atoms with van der Waals surface area (Å²) in [5.74, 6) is -0.328. The van der Waals surface area contributed by atoms with Crippen molar-refractivity contribution in [3.8, 4) is 0 Å². The summed E-state index contributed by atoms with van der Waals surface area (Å²) in [6.45, 7) is 0.836. The average Bonchev–Trinajstić information content (AvgIpc) is 2.86. The van der Waals surface area contributed by atoms with Crippen molar-refractivity contribution in [1.29, 1.82) is 0 Å². The number of rotatable bonds is 3. The molecule has 2 aliphatic heterocycles. The van der Waals surface area contributed by atoms with Crippen LogP contribution in [0.25, 0.3) is 0 Å². The van der Waals surface area contributed by atoms with Crippen LogP contribution in [0.1, 0.15) is 18.4 Å². The Morgan fingerprint density at radius 2 is 2.05 bits per heavy atom. The van der Waals surface area contributed by atoms with Crippen molar-refractivity contribution in [1.82, 2.24) is 10.2 Å². The molecule has 0 saturated carbocycles. The molecule has 3 unspecified atom stereocenters. The van der Waals surface area contributed by atoms with Gasteiger partial charge in [0.05, 0.1) is 13.2 Å². The van der Waals surface area contributed by atoms with Crippen LogP contribution >= 0.6 is 0 Å². The molecule has 0 spiro atoms. The van der Waals surface area contributed by atoms with Crippen molar-refractivity contribution in [3.05, 3.63) is 35.9 Å². The highest BCUT2D eigenvalue weighted by Crippen LogP contribution is 2.31. The van der Waals surface area contributed by atoms with Gasteiger partial charge in [-0.25, -0.2) is 4.79 Å². The van der Waals surface area contributed by atoms with Gasteiger partial charge < -0.3 is 14.8 Å². The Morgan fingerprint density at radius 3 is 2.77 bits per heavy atom. The largest absolute Gasteiger partial charge is 0.468 e. The number of hydrogen-bond acceptors (Lipinski definition) is 5. The predicted octanol–water partition coefficient (Wildman–Crippen LogP) is 1.30. The number of fused-ring (bicyclic) bond motifs is 2. The van der Waals surface area contributed by atoms with Gasteiger partial charge in [-0.2, -0.15) is 0 Å². The Hall–Kier alpha value is -2.08. The topological polar surface area (TPSA) is 67.9 Å². The number of nitrogens with zero attached hydrogens (tertiary/aromatic N) is 1. The van der Waals surface area contributed by atoms with Gasteiger partial charge in [-0.15, -0.1) is 0 Å². The van der Waals surface area contributed by atoms with Gasteiger partial charge in [0, 0.05) is 12.6 Å². The maximum atomic E-state index is 12.4. The van der Waals surface area contributed by atoms with Crippen LogP contribution in [0.2, 0.25) is 0 Å². The lowest BCUT2D eigenvalue weighted by molar-refractivity contribution is -0.145. The molecule has 2 bridgehead atoms. The van der Waals surface area contributed by atoms with E-state index in [4.69, 9.17) is 9.47 Å². The molecule has 2 aliphatic rings. The molecule has 2 heterocycles. The van der Waals surface area contributed by atoms with E-state index in [0.717, 1.165) is 18.4 Å². The molecule has 3 atom stereocenters. The summed E-state index contributed by atoms with van der Waals surface area (Å²) in [6, 6.07) is 9.00. The van der Waals surface area contributed by atoms with Crippen LogP contribution < -0.4 is 5.32 Å². The van der Waals surface area contributed by atoms with E-state index in [2.05, 4.69) is 5.32 Å². The van der Waals surface area contributed by atoms with E-state index in [-0.39, 0.29) is 30.8 Å². The second-order valence-corrected chi connectivity index (χ2v) is 5.66. The van der Waals surface area contributed by atoms with Crippen LogP contribution in [0, 0.1) is 0 Å². The normalized spacial score (nSPS) is 26.6. The highest BCUT2D eigenvalue weighted by atomic mass is 16.6. The molecular weight excluding hydrogens is 284 g/mol. The fraction of sp³-hybridized carbons (Fsp3) is 0.500. The Bertz CT molecular complexity index is 548. The lowest BCUT2D eigenvalue weighted by Crippen LogP contribution is -2.62. The van der Waals surface area contributed by atoms with Gasteiger partial charge in [0.25, 0.3) is 0 Å².